The minimum atomic E-state index is -1.24. The summed E-state index contributed by atoms with van der Waals surface area (Å²) < 4.78 is 22.6. The Morgan fingerprint density at radius 3 is 1.26 bits per heavy atom. The molecule has 9 heteroatoms. The molecule has 9 nitrogen and oxygen atoms in total. The number of benzene rings is 2. The molecular formula is C53H82O9. The van der Waals surface area contributed by atoms with E-state index < -0.39 is 18.0 Å². The lowest BCUT2D eigenvalue weighted by molar-refractivity contribution is -0.135. The third-order valence-corrected chi connectivity index (χ3v) is 11.1. The van der Waals surface area contributed by atoms with Crippen LogP contribution in [0.25, 0.3) is 6.08 Å². The molecule has 0 fully saturated rings. The van der Waals surface area contributed by atoms with Crippen LogP contribution >= 0.6 is 0 Å². The summed E-state index contributed by atoms with van der Waals surface area (Å²) in [7, 11) is 0. The largest absolute Gasteiger partial charge is 0.427 e. The zero-order valence-corrected chi connectivity index (χ0v) is 39.1. The van der Waals surface area contributed by atoms with Crippen molar-refractivity contribution in [1.29, 1.82) is 0 Å². The summed E-state index contributed by atoms with van der Waals surface area (Å²) >= 11 is 0. The number of ether oxygens (including phenoxy) is 4. The van der Waals surface area contributed by atoms with Crippen LogP contribution in [0.4, 0.5) is 0 Å². The molecular weight excluding hydrogens is 781 g/mol. The summed E-state index contributed by atoms with van der Waals surface area (Å²) in [5, 5.41) is 11.4. The first-order valence-electron chi connectivity index (χ1n) is 24.6. The fourth-order valence-corrected chi connectivity index (χ4v) is 7.45. The van der Waals surface area contributed by atoms with Crippen molar-refractivity contribution in [3.05, 3.63) is 53.6 Å². The Bertz CT molecular complexity index is 1560. The number of aliphatic hydroxyl groups is 1. The number of carbonyl (C=O) groups is 4. The smallest absolute Gasteiger partial charge is 0.311 e. The van der Waals surface area contributed by atoms with Crippen molar-refractivity contribution in [2.45, 2.75) is 226 Å². The minimum Gasteiger partial charge on any atom is -0.427 e. The summed E-state index contributed by atoms with van der Waals surface area (Å²) in [6.45, 7) is 7.93. The average molecular weight is 863 g/mol. The molecule has 1 unspecified atom stereocenters. The molecule has 2 aromatic rings. The number of aliphatic hydroxyl groups excluding tert-OH is 1. The van der Waals surface area contributed by atoms with E-state index in [1.807, 2.05) is 0 Å². The standard InChI is InChI=1S/C53H82O9/c1-5-8-11-14-17-20-23-26-29-32-51(56)60-46-37-35-44(49(41-46)61-52(57)33-30-27-24-21-18-15-12-9-6-2)36-40-48(55)47-39-38-45(59-43(4)54)42-50(47)62-53(58)34-31-28-25-22-19-16-13-10-7-3/h35-42,48,55H,5-34H2,1-4H3. The molecule has 1 N–H and O–H groups in total. The predicted molar refractivity (Wildman–Crippen MR) is 251 cm³/mol. The lowest BCUT2D eigenvalue weighted by atomic mass is 10.1. The van der Waals surface area contributed by atoms with Gasteiger partial charge >= 0.3 is 23.9 Å². The van der Waals surface area contributed by atoms with Crippen LogP contribution in [0.3, 0.4) is 0 Å². The van der Waals surface area contributed by atoms with Gasteiger partial charge in [-0.05, 0) is 43.5 Å². The van der Waals surface area contributed by atoms with Gasteiger partial charge in [-0.1, -0.05) is 187 Å². The van der Waals surface area contributed by atoms with Crippen molar-refractivity contribution in [2.75, 3.05) is 0 Å². The Morgan fingerprint density at radius 2 is 0.823 bits per heavy atom. The maximum absolute atomic E-state index is 13.1. The number of esters is 4. The van der Waals surface area contributed by atoms with Gasteiger partial charge in [0.25, 0.3) is 0 Å². The first-order valence-corrected chi connectivity index (χ1v) is 24.6. The third-order valence-electron chi connectivity index (χ3n) is 11.1. The maximum Gasteiger partial charge on any atom is 0.311 e. The second kappa shape index (κ2) is 35.5. The van der Waals surface area contributed by atoms with E-state index in [0.717, 1.165) is 64.2 Å². The normalized spacial score (nSPS) is 11.8. The summed E-state index contributed by atoms with van der Waals surface area (Å²) in [6, 6.07) is 9.38. The summed E-state index contributed by atoms with van der Waals surface area (Å²) in [5.74, 6) is -0.926. The van der Waals surface area contributed by atoms with Crippen molar-refractivity contribution < 1.29 is 43.2 Å². The lowest BCUT2D eigenvalue weighted by Gasteiger charge is -2.15. The van der Waals surface area contributed by atoms with Crippen LogP contribution in [0, 0.1) is 0 Å². The Morgan fingerprint density at radius 1 is 0.468 bits per heavy atom. The highest BCUT2D eigenvalue weighted by Gasteiger charge is 2.18. The third kappa shape index (κ3) is 26.5. The molecule has 0 saturated carbocycles. The topological polar surface area (TPSA) is 125 Å². The number of carbonyl (C=O) groups excluding carboxylic acids is 4. The Labute approximate surface area is 375 Å². The van der Waals surface area contributed by atoms with Gasteiger partial charge in [0.15, 0.2) is 0 Å². The molecule has 0 aliphatic heterocycles. The van der Waals surface area contributed by atoms with Crippen molar-refractivity contribution in [2.24, 2.45) is 0 Å². The van der Waals surface area contributed by atoms with Gasteiger partial charge < -0.3 is 24.1 Å². The molecule has 0 radical (unpaired) electrons. The van der Waals surface area contributed by atoms with Crippen molar-refractivity contribution in [1.82, 2.24) is 0 Å². The van der Waals surface area contributed by atoms with Gasteiger partial charge in [0, 0.05) is 49.4 Å². The van der Waals surface area contributed by atoms with Crippen molar-refractivity contribution >= 4 is 30.0 Å². The van der Waals surface area contributed by atoms with Crippen LogP contribution in [0.2, 0.25) is 0 Å². The van der Waals surface area contributed by atoms with Gasteiger partial charge in [-0.25, -0.2) is 0 Å². The lowest BCUT2D eigenvalue weighted by Crippen LogP contribution is -2.11. The van der Waals surface area contributed by atoms with Crippen LogP contribution in [0.1, 0.15) is 238 Å². The SMILES string of the molecule is CCCCCCCCCCCC(=O)Oc1ccc(C=CC(O)c2ccc(OC(C)=O)cc2OC(=O)CCCCCCCCCCC)c(OC(=O)CCCCCCCCCCC)c1. The molecule has 0 aliphatic rings. The maximum atomic E-state index is 13.1. The van der Waals surface area contributed by atoms with E-state index in [4.69, 9.17) is 18.9 Å². The van der Waals surface area contributed by atoms with Gasteiger partial charge in [0.2, 0.25) is 0 Å². The Kier molecular flexibility index (Phi) is 31.0. The van der Waals surface area contributed by atoms with E-state index >= 15 is 0 Å². The highest BCUT2D eigenvalue weighted by Crippen LogP contribution is 2.33. The van der Waals surface area contributed by atoms with Crippen LogP contribution in [0.5, 0.6) is 23.0 Å². The van der Waals surface area contributed by atoms with Gasteiger partial charge in [0.1, 0.15) is 29.1 Å². The quantitative estimate of drug-likeness (QED) is 0.0401. The average Bonchev–Trinajstić information content (AvgIpc) is 3.24. The number of rotatable bonds is 37. The molecule has 0 heterocycles. The molecule has 2 rings (SSSR count). The molecule has 0 aliphatic carbocycles. The fraction of sp³-hybridized carbons (Fsp3) is 0.660. The second-order valence-corrected chi connectivity index (χ2v) is 17.0. The Balaban J connectivity index is 2.13. The second-order valence-electron chi connectivity index (χ2n) is 17.0. The highest BCUT2D eigenvalue weighted by atomic mass is 16.6. The van der Waals surface area contributed by atoms with Crippen LogP contribution in [0.15, 0.2) is 42.5 Å². The molecule has 0 spiro atoms. The van der Waals surface area contributed by atoms with Gasteiger partial charge in [0.05, 0.1) is 0 Å². The van der Waals surface area contributed by atoms with Crippen molar-refractivity contribution in [3.8, 4) is 23.0 Å². The van der Waals surface area contributed by atoms with Crippen LogP contribution < -0.4 is 18.9 Å². The van der Waals surface area contributed by atoms with E-state index in [-0.39, 0.29) is 47.8 Å². The molecule has 0 aromatic heterocycles. The van der Waals surface area contributed by atoms with E-state index in [9.17, 15) is 24.3 Å². The van der Waals surface area contributed by atoms with Crippen LogP contribution in [-0.4, -0.2) is 29.0 Å². The Hall–Kier alpha value is -3.98. The summed E-state index contributed by atoms with van der Waals surface area (Å²) in [5.41, 5.74) is 0.784. The first kappa shape index (κ1) is 54.2. The highest BCUT2D eigenvalue weighted by molar-refractivity contribution is 5.76. The van der Waals surface area contributed by atoms with E-state index in [2.05, 4.69) is 20.8 Å². The van der Waals surface area contributed by atoms with Gasteiger partial charge in [-0.2, -0.15) is 0 Å². The van der Waals surface area contributed by atoms with Gasteiger partial charge in [-0.15, -0.1) is 0 Å². The molecule has 1 atom stereocenters. The van der Waals surface area contributed by atoms with E-state index in [1.54, 1.807) is 30.3 Å². The van der Waals surface area contributed by atoms with Crippen molar-refractivity contribution in [3.63, 3.8) is 0 Å². The minimum absolute atomic E-state index is 0.0867. The van der Waals surface area contributed by atoms with Gasteiger partial charge in [-0.3, -0.25) is 19.2 Å². The molecule has 0 bridgehead atoms. The van der Waals surface area contributed by atoms with Crippen LogP contribution in [-0.2, 0) is 19.2 Å². The van der Waals surface area contributed by atoms with E-state index in [0.29, 0.717) is 24.0 Å². The van der Waals surface area contributed by atoms with E-state index in [1.165, 1.54) is 128 Å². The number of unbranched alkanes of at least 4 members (excludes halogenated alkanes) is 24. The first-order chi connectivity index (χ1) is 30.2. The number of hydrogen-bond donors (Lipinski definition) is 1. The zero-order valence-electron chi connectivity index (χ0n) is 39.1. The predicted octanol–water partition coefficient (Wildman–Crippen LogP) is 14.8. The molecule has 0 amide bonds. The molecule has 62 heavy (non-hydrogen) atoms. The molecule has 0 saturated heterocycles. The molecule has 348 valence electrons. The summed E-state index contributed by atoms with van der Waals surface area (Å²) in [4.78, 5) is 50.6. The fourth-order valence-electron chi connectivity index (χ4n) is 7.45. The monoisotopic (exact) mass is 863 g/mol. The zero-order chi connectivity index (χ0) is 45.0. The molecule has 2 aromatic carbocycles. The summed E-state index contributed by atoms with van der Waals surface area (Å²) in [6.07, 6.45) is 33.3. The number of hydrogen-bond acceptors (Lipinski definition) is 9.